The molecule has 0 saturated heterocycles. The van der Waals surface area contributed by atoms with Crippen molar-refractivity contribution in [3.8, 4) is 23.0 Å². The maximum absolute atomic E-state index is 14.5. The molecule has 0 radical (unpaired) electrons. The molecule has 564 valence electrons. The molecule has 6 aliphatic carbocycles. The maximum atomic E-state index is 14.5. The molecule has 6 fully saturated rings. The number of hydrogen-bond donors (Lipinski definition) is 7. The summed E-state index contributed by atoms with van der Waals surface area (Å²) in [5.74, 6) is -2.39. The van der Waals surface area contributed by atoms with Crippen LogP contribution in [-0.4, -0.2) is 137 Å². The number of amides is 7. The molecule has 4 heterocycles. The molecule has 4 aliphatic heterocycles. The number of carbonyl (C=O) groups is 8. The van der Waals surface area contributed by atoms with Crippen molar-refractivity contribution in [2.24, 2.45) is 17.0 Å². The fraction of sp³-hybridized carbons (Fsp3) is 0.526. The lowest BCUT2D eigenvalue weighted by Crippen LogP contribution is -2.61. The first kappa shape index (κ1) is 76.4. The molecule has 25 nitrogen and oxygen atoms in total. The smallest absolute Gasteiger partial charge is 0.408 e. The molecular weight excluding hydrogens is 1430 g/mol. The number of allylic oxidation sites excluding steroid dienone is 2. The van der Waals surface area contributed by atoms with Crippen molar-refractivity contribution in [3.63, 3.8) is 0 Å². The second kappa shape index (κ2) is 33.3. The van der Waals surface area contributed by atoms with Gasteiger partial charge < -0.3 is 55.1 Å². The average Bonchev–Trinajstić information content (AvgIpc) is 1.58. The molecular formula is C76H92Cl2N8O17S2. The van der Waals surface area contributed by atoms with Crippen LogP contribution < -0.4 is 40.6 Å². The minimum Gasteiger partial charge on any atom is -0.479 e. The average molecular weight is 1520 g/mol. The minimum atomic E-state index is -3.88. The topological polar surface area (TPSA) is 355 Å². The molecule has 29 heteroatoms. The monoisotopic (exact) mass is 1520 g/mol. The number of carboxylic acids is 1. The molecule has 0 bridgehead atoms. The first-order chi connectivity index (χ1) is 50.3. The van der Waals surface area contributed by atoms with Crippen molar-refractivity contribution in [1.82, 2.24) is 35.8 Å². The number of sulfonamides is 2. The molecule has 0 aromatic heterocycles. The number of aliphatic carboxylic acids is 1. The molecule has 10 aliphatic rings. The van der Waals surface area contributed by atoms with Gasteiger partial charge in [0.1, 0.15) is 70.5 Å². The number of hydrogen-bond acceptors (Lipinski definition) is 16. The summed E-state index contributed by atoms with van der Waals surface area (Å²) in [6.45, 7) is 0.182. The number of nitrogens with two attached hydrogens (primary N) is 1. The fourth-order valence-electron chi connectivity index (χ4n) is 14.8. The molecule has 7 amide bonds. The van der Waals surface area contributed by atoms with Gasteiger partial charge in [0.15, 0.2) is 0 Å². The number of primary sulfonamides is 1. The van der Waals surface area contributed by atoms with Gasteiger partial charge in [-0.2, -0.15) is 0 Å². The Balaban J connectivity index is 0.000000181. The summed E-state index contributed by atoms with van der Waals surface area (Å²) in [6, 6.07) is 21.1. The molecule has 2 unspecified atom stereocenters. The van der Waals surface area contributed by atoms with Gasteiger partial charge in [0.25, 0.3) is 5.91 Å². The third-order valence-corrected chi connectivity index (χ3v) is 25.0. The number of carbonyl (C=O) groups excluding carboxylic acids is 7. The largest absolute Gasteiger partial charge is 0.479 e. The van der Waals surface area contributed by atoms with Gasteiger partial charge >= 0.3 is 18.2 Å². The molecule has 6 saturated carbocycles. The molecule has 0 spiro atoms. The Kier molecular flexibility index (Phi) is 24.2. The van der Waals surface area contributed by atoms with E-state index >= 15 is 0 Å². The predicted octanol–water partition coefficient (Wildman–Crippen LogP) is 10.8. The molecule has 4 aromatic carbocycles. The molecule has 4 aromatic rings. The summed E-state index contributed by atoms with van der Waals surface area (Å²) in [5.41, 5.74) is 0.323. The van der Waals surface area contributed by atoms with Gasteiger partial charge in [0, 0.05) is 47.8 Å². The summed E-state index contributed by atoms with van der Waals surface area (Å²) in [5, 5.41) is 26.5. The Bertz CT molecular complexity index is 4240. The molecule has 8 atom stereocenters. The van der Waals surface area contributed by atoms with Gasteiger partial charge in [0.2, 0.25) is 43.7 Å². The van der Waals surface area contributed by atoms with Gasteiger partial charge in [-0.15, -0.1) is 0 Å². The normalized spacial score (nSPS) is 27.1. The van der Waals surface area contributed by atoms with Crippen LogP contribution in [0.1, 0.15) is 176 Å². The van der Waals surface area contributed by atoms with Gasteiger partial charge in [-0.25, -0.2) is 36.4 Å². The summed E-state index contributed by atoms with van der Waals surface area (Å²) < 4.78 is 71.6. The Hall–Kier alpha value is -8.24. The number of nitrogens with zero attached hydrogens (tertiary/aromatic N) is 2. The highest BCUT2D eigenvalue weighted by Crippen LogP contribution is 2.48. The lowest BCUT2D eigenvalue weighted by atomic mass is 9.91. The van der Waals surface area contributed by atoms with Crippen molar-refractivity contribution >= 4 is 90.9 Å². The van der Waals surface area contributed by atoms with E-state index in [1.54, 1.807) is 60.7 Å². The van der Waals surface area contributed by atoms with Crippen molar-refractivity contribution < 1.29 is 79.2 Å². The Labute approximate surface area is 621 Å². The number of halogens is 2. The van der Waals surface area contributed by atoms with Gasteiger partial charge in [0.05, 0.1) is 10.5 Å². The minimum absolute atomic E-state index is 0.0676. The lowest BCUT2D eigenvalue weighted by molar-refractivity contribution is -0.147. The van der Waals surface area contributed by atoms with Crippen LogP contribution in [0.3, 0.4) is 0 Å². The number of benzene rings is 4. The van der Waals surface area contributed by atoms with Crippen LogP contribution in [0.4, 0.5) is 9.59 Å². The van der Waals surface area contributed by atoms with E-state index < -0.39 is 114 Å². The van der Waals surface area contributed by atoms with Gasteiger partial charge in [-0.1, -0.05) is 97.5 Å². The zero-order valence-electron chi connectivity index (χ0n) is 58.5. The third kappa shape index (κ3) is 19.7. The third-order valence-electron chi connectivity index (χ3n) is 21.3. The SMILES string of the molecule is NS(=O)(=O)C1CC1.O=C(N[C@H]1CCCCC/C=C\[C@@H]2C[C@@]2(C(=O)NS(=O)(=O)C2CC2)NC(=O)C2Cc3cc(Oc4cccc(Cl)c4)ccc3CN2C1=O)OC1CCCC1.O=C(N[C@H]1CCCCC/C=C\[C@@H]2C[C@@]2(C(=O)O)NC(=O)C2Cc3cc(Oc4cccc(Cl)c4)ccc3CN2C1=O)OC1CCCC1. The standard InChI is InChI=1S/C38H45ClN4O8S.C35H40ClN3O7.C3H7NO2S/c39-27-10-8-13-29(21-27)50-30-16-15-24-23-43-33(20-25(24)19-30)34(44)41-38(36(46)42-52(48,49)31-17-18-31)22-26(38)9-4-2-1-3-5-14-32(35(43)45)40-37(47)51-28-11-6-7-12-28;36-25-10-8-13-27(19-25)45-28-16-15-22-21-39-30(18-23(22)17-28)31(40)38-35(33(42)43)20-24(35)9-4-2-1-3-5-14-29(32(39)41)37-34(44)46-26-11-6-7-12-26;4-7(5,6)3-1-2-3/h4,8-10,13,15-16,19,21,26,28,31-33H,1-3,5-7,11-12,14,17-18,20,22-23H2,(H,40,47)(H,41,44)(H,42,46);4,8-10,13,15-17,19,24,26,29-30H,1-3,5-7,11-12,14,18,20-21H2,(H,37,44)(H,38,40)(H,42,43);3H,1-2H2,(H2,4,5,6)/b2*9-4-;/t26-,32+,33?,38-;24-,29+,30?,35-;/m11./s1. The van der Waals surface area contributed by atoms with Crippen molar-refractivity contribution in [1.29, 1.82) is 0 Å². The first-order valence-electron chi connectivity index (χ1n) is 36.8. The van der Waals surface area contributed by atoms with E-state index in [9.17, 15) is 60.3 Å². The van der Waals surface area contributed by atoms with Crippen LogP contribution in [0.25, 0.3) is 0 Å². The number of fused-ring (bicyclic) bond motifs is 6. The predicted molar refractivity (Wildman–Crippen MR) is 390 cm³/mol. The van der Waals surface area contributed by atoms with Crippen LogP contribution in [0.15, 0.2) is 109 Å². The number of rotatable bonds is 13. The summed E-state index contributed by atoms with van der Waals surface area (Å²) in [6.07, 6.45) is 23.4. The second-order valence-electron chi connectivity index (χ2n) is 29.3. The van der Waals surface area contributed by atoms with Crippen molar-refractivity contribution in [2.75, 3.05) is 0 Å². The summed E-state index contributed by atoms with van der Waals surface area (Å²) in [7, 11) is -7.01. The van der Waals surface area contributed by atoms with Crippen LogP contribution in [-0.2, 0) is 84.2 Å². The second-order valence-corrected chi connectivity index (χ2v) is 34.0. The zero-order chi connectivity index (χ0) is 74.2. The Morgan fingerprint density at radius 3 is 1.35 bits per heavy atom. The van der Waals surface area contributed by atoms with Crippen LogP contribution in [0.5, 0.6) is 23.0 Å². The van der Waals surface area contributed by atoms with Crippen LogP contribution >= 0.6 is 23.2 Å². The van der Waals surface area contributed by atoms with E-state index in [0.717, 1.165) is 119 Å². The highest BCUT2D eigenvalue weighted by molar-refractivity contribution is 7.91. The van der Waals surface area contributed by atoms with E-state index in [1.165, 1.54) is 9.80 Å². The lowest BCUT2D eigenvalue weighted by Gasteiger charge is -2.39. The van der Waals surface area contributed by atoms with Crippen LogP contribution in [0, 0.1) is 11.8 Å². The first-order valence-corrected chi connectivity index (χ1v) is 40.7. The van der Waals surface area contributed by atoms with Crippen LogP contribution in [0.2, 0.25) is 10.0 Å². The summed E-state index contributed by atoms with van der Waals surface area (Å²) >= 11 is 12.3. The quantitative estimate of drug-likeness (QED) is 0.0612. The van der Waals surface area contributed by atoms with Crippen molar-refractivity contribution in [3.05, 3.63) is 142 Å². The maximum Gasteiger partial charge on any atom is 0.408 e. The molecule has 105 heavy (non-hydrogen) atoms. The highest BCUT2D eigenvalue weighted by Gasteiger charge is 2.63. The van der Waals surface area contributed by atoms with E-state index in [2.05, 4.69) is 26.0 Å². The molecule has 8 N–H and O–H groups in total. The fourth-order valence-corrected chi connectivity index (χ4v) is 17.3. The Morgan fingerprint density at radius 1 is 0.514 bits per heavy atom. The van der Waals surface area contributed by atoms with Gasteiger partial charge in [-0.05, 0) is 211 Å². The van der Waals surface area contributed by atoms with Gasteiger partial charge in [-0.3, -0.25) is 28.7 Å². The van der Waals surface area contributed by atoms with E-state index in [4.69, 9.17) is 47.3 Å². The number of alkyl carbamates (subject to hydrolysis) is 2. The highest BCUT2D eigenvalue weighted by atomic mass is 35.5. The number of nitrogens with one attached hydrogen (secondary N) is 5. The zero-order valence-corrected chi connectivity index (χ0v) is 61.6. The molecule has 14 rings (SSSR count). The number of carboxylic acid groups (broad SMARTS) is 1. The summed E-state index contributed by atoms with van der Waals surface area (Å²) in [4.78, 5) is 112. The van der Waals surface area contributed by atoms with E-state index in [0.29, 0.717) is 78.0 Å². The van der Waals surface area contributed by atoms with Crippen molar-refractivity contribution in [2.45, 2.75) is 238 Å². The van der Waals surface area contributed by atoms with E-state index in [1.807, 2.05) is 48.6 Å². The Morgan fingerprint density at radius 2 is 0.933 bits per heavy atom. The number of ether oxygens (including phenoxy) is 4. The van der Waals surface area contributed by atoms with E-state index in [-0.39, 0.29) is 62.1 Å².